The summed E-state index contributed by atoms with van der Waals surface area (Å²) in [7, 11) is 0. The predicted octanol–water partition coefficient (Wildman–Crippen LogP) is 4.63. The summed E-state index contributed by atoms with van der Waals surface area (Å²) in [6.07, 6.45) is 2.90. The van der Waals surface area contributed by atoms with Crippen LogP contribution in [0.25, 0.3) is 0 Å². The number of nitrogens with zero attached hydrogens (tertiary/aromatic N) is 2. The number of aromatic nitrogens is 2. The lowest BCUT2D eigenvalue weighted by Crippen LogP contribution is -2.36. The number of hydrogen-bond donors (Lipinski definition) is 0. The minimum atomic E-state index is -0.459. The van der Waals surface area contributed by atoms with Gasteiger partial charge >= 0.3 is 0 Å². The molecule has 140 valence electrons. The minimum absolute atomic E-state index is 0.0144. The fraction of sp³-hybridized carbons (Fsp3) is 0.421. The van der Waals surface area contributed by atoms with Crippen molar-refractivity contribution in [2.45, 2.75) is 45.8 Å². The Morgan fingerprint density at radius 2 is 1.92 bits per heavy atom. The van der Waals surface area contributed by atoms with E-state index in [1.54, 1.807) is 12.1 Å². The van der Waals surface area contributed by atoms with Crippen molar-refractivity contribution in [2.75, 3.05) is 4.43 Å². The van der Waals surface area contributed by atoms with E-state index >= 15 is 0 Å². The molecule has 0 fully saturated rings. The van der Waals surface area contributed by atoms with Gasteiger partial charge in [-0.05, 0) is 37.2 Å². The Morgan fingerprint density at radius 1 is 1.27 bits per heavy atom. The van der Waals surface area contributed by atoms with Gasteiger partial charge in [0.05, 0.1) is 11.7 Å². The lowest BCUT2D eigenvalue weighted by atomic mass is 10.1. The maximum absolute atomic E-state index is 12.3. The number of Topliss-reactive ketones (excluding diaryl/α,β-unsaturated/α-hetero) is 1. The summed E-state index contributed by atoms with van der Waals surface area (Å²) < 4.78 is 7.95. The van der Waals surface area contributed by atoms with E-state index in [2.05, 4.69) is 27.7 Å². The van der Waals surface area contributed by atoms with Crippen LogP contribution in [0.2, 0.25) is 5.02 Å². The molecule has 0 unspecified atom stereocenters. The first kappa shape index (κ1) is 20.9. The van der Waals surface area contributed by atoms with Crippen LogP contribution in [0.15, 0.2) is 35.3 Å². The first-order valence-corrected chi connectivity index (χ1v) is 10.2. The van der Waals surface area contributed by atoms with Crippen molar-refractivity contribution in [3.8, 4) is 5.75 Å². The third-order valence-corrected chi connectivity index (χ3v) is 4.84. The molecule has 0 saturated carbocycles. The molecule has 7 heteroatoms. The molecule has 0 atom stereocenters. The van der Waals surface area contributed by atoms with Crippen molar-refractivity contribution in [3.05, 3.63) is 57.0 Å². The molecule has 2 aromatic rings. The van der Waals surface area contributed by atoms with Crippen molar-refractivity contribution in [3.63, 3.8) is 0 Å². The van der Waals surface area contributed by atoms with E-state index in [0.717, 1.165) is 16.4 Å². The Balaban J connectivity index is 2.06. The van der Waals surface area contributed by atoms with Crippen LogP contribution in [-0.2, 0) is 12.1 Å². The Morgan fingerprint density at radius 3 is 2.50 bits per heavy atom. The second-order valence-electron chi connectivity index (χ2n) is 6.91. The Bertz CT molecular complexity index is 826. The molecule has 26 heavy (non-hydrogen) atoms. The number of ether oxygens (including phenoxy) is 1. The molecular weight excluding hydrogens is 467 g/mol. The molecular formula is C19H22ClIN2O3. The van der Waals surface area contributed by atoms with E-state index in [-0.39, 0.29) is 28.7 Å². The summed E-state index contributed by atoms with van der Waals surface area (Å²) in [5.74, 6) is 0.395. The van der Waals surface area contributed by atoms with Gasteiger partial charge in [0.15, 0.2) is 16.6 Å². The van der Waals surface area contributed by atoms with Gasteiger partial charge in [0.2, 0.25) is 0 Å². The fourth-order valence-corrected chi connectivity index (χ4v) is 2.88. The number of carbonyl (C=O) groups is 1. The third-order valence-electron chi connectivity index (χ3n) is 3.73. The molecule has 0 saturated heterocycles. The van der Waals surface area contributed by atoms with Crippen LogP contribution in [0.1, 0.15) is 49.5 Å². The molecule has 0 bridgehead atoms. The number of ketones is 1. The zero-order valence-electron chi connectivity index (χ0n) is 15.1. The fourth-order valence-electron chi connectivity index (χ4n) is 2.32. The number of alkyl halides is 1. The Kier molecular flexibility index (Phi) is 7.23. The van der Waals surface area contributed by atoms with Crippen LogP contribution in [0.5, 0.6) is 5.75 Å². The molecule has 1 aromatic heterocycles. The molecule has 0 aliphatic heterocycles. The van der Waals surface area contributed by atoms with E-state index in [1.165, 1.54) is 10.9 Å². The van der Waals surface area contributed by atoms with Crippen molar-refractivity contribution in [1.82, 2.24) is 9.78 Å². The van der Waals surface area contributed by atoms with Gasteiger partial charge in [-0.2, -0.15) is 5.10 Å². The zero-order chi connectivity index (χ0) is 19.3. The maximum atomic E-state index is 12.3. The smallest absolute Gasteiger partial charge is 0.289 e. The largest absolute Gasteiger partial charge is 0.485 e. The van der Waals surface area contributed by atoms with Gasteiger partial charge in [-0.1, -0.05) is 58.5 Å². The topological polar surface area (TPSA) is 61.2 Å². The lowest BCUT2D eigenvalue weighted by molar-refractivity contribution is 0.0982. The number of hydrogen-bond acceptors (Lipinski definition) is 4. The highest BCUT2D eigenvalue weighted by molar-refractivity contribution is 14.1. The summed E-state index contributed by atoms with van der Waals surface area (Å²) in [4.78, 5) is 24.3. The molecule has 2 rings (SSSR count). The summed E-state index contributed by atoms with van der Waals surface area (Å²) in [6, 6.07) is 7.28. The van der Waals surface area contributed by atoms with Gasteiger partial charge in [0.1, 0.15) is 6.61 Å². The van der Waals surface area contributed by atoms with Gasteiger partial charge in [-0.25, -0.2) is 4.68 Å². The average molecular weight is 489 g/mol. The zero-order valence-corrected chi connectivity index (χ0v) is 18.0. The van der Waals surface area contributed by atoms with Gasteiger partial charge < -0.3 is 4.74 Å². The lowest BCUT2D eigenvalue weighted by Gasteiger charge is -2.21. The highest BCUT2D eigenvalue weighted by atomic mass is 127. The van der Waals surface area contributed by atoms with Gasteiger partial charge in [0, 0.05) is 12.0 Å². The second-order valence-corrected chi connectivity index (χ2v) is 8.37. The normalized spacial score (nSPS) is 11.4. The summed E-state index contributed by atoms with van der Waals surface area (Å²) in [6.45, 7) is 5.87. The van der Waals surface area contributed by atoms with E-state index < -0.39 is 5.54 Å². The quantitative estimate of drug-likeness (QED) is 0.324. The number of carbonyl (C=O) groups excluding carboxylic acids is 1. The third kappa shape index (κ3) is 5.30. The van der Waals surface area contributed by atoms with E-state index in [0.29, 0.717) is 12.0 Å². The standard InChI is InChI=1S/C19H22ClIN2O3/c1-19(2,3)23-18(25)17(20)16(11-22-23)26-12-13-6-8-14(9-7-13)15(24)5-4-10-21/h6-9,11H,4-5,10,12H2,1-3H3. The number of rotatable bonds is 7. The monoisotopic (exact) mass is 488 g/mol. The van der Waals surface area contributed by atoms with Crippen molar-refractivity contribution in [1.29, 1.82) is 0 Å². The van der Waals surface area contributed by atoms with Crippen LogP contribution >= 0.6 is 34.2 Å². The van der Waals surface area contributed by atoms with Gasteiger partial charge in [-0.3, -0.25) is 9.59 Å². The average Bonchev–Trinajstić information content (AvgIpc) is 2.60. The van der Waals surface area contributed by atoms with Crippen molar-refractivity contribution >= 4 is 40.0 Å². The maximum Gasteiger partial charge on any atom is 0.289 e. The van der Waals surface area contributed by atoms with E-state index in [9.17, 15) is 9.59 Å². The van der Waals surface area contributed by atoms with E-state index in [1.807, 2.05) is 32.9 Å². The highest BCUT2D eigenvalue weighted by Gasteiger charge is 2.20. The predicted molar refractivity (Wildman–Crippen MR) is 112 cm³/mol. The first-order chi connectivity index (χ1) is 12.2. The molecule has 0 aliphatic carbocycles. The van der Waals surface area contributed by atoms with Crippen LogP contribution < -0.4 is 10.3 Å². The van der Waals surface area contributed by atoms with Gasteiger partial charge in [0.25, 0.3) is 5.56 Å². The molecule has 1 heterocycles. The van der Waals surface area contributed by atoms with Crippen molar-refractivity contribution < 1.29 is 9.53 Å². The first-order valence-electron chi connectivity index (χ1n) is 8.33. The summed E-state index contributed by atoms with van der Waals surface area (Å²) in [5, 5.41) is 4.15. The van der Waals surface area contributed by atoms with Crippen LogP contribution in [0.3, 0.4) is 0 Å². The molecule has 5 nitrogen and oxygen atoms in total. The number of benzene rings is 1. The SMILES string of the molecule is CC(C)(C)n1ncc(OCc2ccc(C(=O)CCCI)cc2)c(Cl)c1=O. The minimum Gasteiger partial charge on any atom is -0.485 e. The summed E-state index contributed by atoms with van der Waals surface area (Å²) in [5.41, 5.74) is 0.740. The molecule has 0 spiro atoms. The van der Waals surface area contributed by atoms with Crippen molar-refractivity contribution in [2.24, 2.45) is 0 Å². The van der Waals surface area contributed by atoms with Gasteiger partial charge in [-0.15, -0.1) is 0 Å². The molecule has 0 radical (unpaired) electrons. The van der Waals surface area contributed by atoms with Crippen LogP contribution in [0.4, 0.5) is 0 Å². The van der Waals surface area contributed by atoms with E-state index in [4.69, 9.17) is 16.3 Å². The van der Waals surface area contributed by atoms with Crippen LogP contribution in [0, 0.1) is 0 Å². The second kappa shape index (κ2) is 8.99. The number of halogens is 2. The summed E-state index contributed by atoms with van der Waals surface area (Å²) >= 11 is 8.41. The molecule has 1 aromatic carbocycles. The molecule has 0 aliphatic rings. The highest BCUT2D eigenvalue weighted by Crippen LogP contribution is 2.22. The molecule has 0 N–H and O–H groups in total. The Hall–Kier alpha value is -1.41. The van der Waals surface area contributed by atoms with Crippen LogP contribution in [-0.4, -0.2) is 20.0 Å². The Labute approximate surface area is 171 Å². The molecule has 0 amide bonds.